The van der Waals surface area contributed by atoms with Crippen LogP contribution in [0.5, 0.6) is 0 Å². The summed E-state index contributed by atoms with van der Waals surface area (Å²) in [6, 6.07) is 11.1. The van der Waals surface area contributed by atoms with Gasteiger partial charge < -0.3 is 15.7 Å². The quantitative estimate of drug-likeness (QED) is 0.470. The van der Waals surface area contributed by atoms with E-state index in [1.165, 1.54) is 6.07 Å². The highest BCUT2D eigenvalue weighted by Gasteiger charge is 2.20. The number of amides is 2. The van der Waals surface area contributed by atoms with Gasteiger partial charge in [-0.05, 0) is 62.2 Å². The SMILES string of the molecule is CCC(=O)Nc1ccc(S(=O)(=O)Nc2ccc(CC(=O)NC(C)(C)CO)cc2)c(C)c1. The molecule has 0 saturated heterocycles. The molecule has 0 unspecified atom stereocenters. The lowest BCUT2D eigenvalue weighted by Crippen LogP contribution is -2.46. The van der Waals surface area contributed by atoms with E-state index >= 15 is 0 Å². The van der Waals surface area contributed by atoms with Gasteiger partial charge in [0.15, 0.2) is 0 Å². The monoisotopic (exact) mass is 447 g/mol. The summed E-state index contributed by atoms with van der Waals surface area (Å²) in [5.41, 5.74) is 1.40. The molecule has 0 aliphatic rings. The van der Waals surface area contributed by atoms with Gasteiger partial charge in [-0.1, -0.05) is 19.1 Å². The number of carbonyl (C=O) groups excluding carboxylic acids is 2. The summed E-state index contributed by atoms with van der Waals surface area (Å²) in [7, 11) is -3.83. The van der Waals surface area contributed by atoms with Gasteiger partial charge in [0, 0.05) is 17.8 Å². The minimum Gasteiger partial charge on any atom is -0.394 e. The normalized spacial score (nSPS) is 11.6. The number of aliphatic hydroxyl groups excluding tert-OH is 1. The third kappa shape index (κ3) is 7.08. The standard InChI is InChI=1S/C22H29N3O5S/c1-5-20(27)23-18-10-11-19(15(2)12-18)31(29,30)25-17-8-6-16(7-9-17)13-21(28)24-22(3,4)14-26/h6-12,25-26H,5,13-14H2,1-4H3,(H,23,27)(H,24,28). The summed E-state index contributed by atoms with van der Waals surface area (Å²) in [4.78, 5) is 23.7. The third-order valence-electron chi connectivity index (χ3n) is 4.51. The molecule has 9 heteroatoms. The zero-order valence-electron chi connectivity index (χ0n) is 18.2. The summed E-state index contributed by atoms with van der Waals surface area (Å²) < 4.78 is 28.1. The van der Waals surface area contributed by atoms with E-state index in [2.05, 4.69) is 15.4 Å². The van der Waals surface area contributed by atoms with E-state index in [9.17, 15) is 23.1 Å². The Morgan fingerprint density at radius 1 is 1.00 bits per heavy atom. The molecule has 0 heterocycles. The van der Waals surface area contributed by atoms with Gasteiger partial charge in [0.05, 0.1) is 23.5 Å². The van der Waals surface area contributed by atoms with Crippen LogP contribution >= 0.6 is 0 Å². The first-order chi connectivity index (χ1) is 14.5. The van der Waals surface area contributed by atoms with Gasteiger partial charge in [-0.2, -0.15) is 0 Å². The van der Waals surface area contributed by atoms with Crippen molar-refractivity contribution in [3.05, 3.63) is 53.6 Å². The fraction of sp³-hybridized carbons (Fsp3) is 0.364. The van der Waals surface area contributed by atoms with Crippen molar-refractivity contribution < 1.29 is 23.1 Å². The second-order valence-corrected chi connectivity index (χ2v) is 9.60. The average molecular weight is 448 g/mol. The maximum atomic E-state index is 12.8. The van der Waals surface area contributed by atoms with Crippen LogP contribution in [0.2, 0.25) is 0 Å². The number of hydrogen-bond donors (Lipinski definition) is 4. The molecular weight excluding hydrogens is 418 g/mol. The molecule has 2 aromatic carbocycles. The molecule has 0 saturated carbocycles. The van der Waals surface area contributed by atoms with Crippen molar-refractivity contribution in [2.45, 2.75) is 51.0 Å². The highest BCUT2D eigenvalue weighted by molar-refractivity contribution is 7.92. The number of carbonyl (C=O) groups is 2. The Kier molecular flexibility index (Phi) is 7.80. The average Bonchev–Trinajstić information content (AvgIpc) is 2.68. The van der Waals surface area contributed by atoms with Crippen LogP contribution in [0.4, 0.5) is 11.4 Å². The first-order valence-electron chi connectivity index (χ1n) is 9.90. The van der Waals surface area contributed by atoms with Crippen molar-refractivity contribution in [1.82, 2.24) is 5.32 Å². The van der Waals surface area contributed by atoms with Crippen molar-refractivity contribution in [2.75, 3.05) is 16.6 Å². The largest absolute Gasteiger partial charge is 0.394 e. The molecule has 0 atom stereocenters. The number of aryl methyl sites for hydroxylation is 1. The van der Waals surface area contributed by atoms with Crippen LogP contribution in [0.1, 0.15) is 38.3 Å². The van der Waals surface area contributed by atoms with Crippen LogP contribution in [0.25, 0.3) is 0 Å². The van der Waals surface area contributed by atoms with Crippen molar-refractivity contribution in [3.8, 4) is 0 Å². The summed E-state index contributed by atoms with van der Waals surface area (Å²) in [5.74, 6) is -0.389. The fourth-order valence-electron chi connectivity index (χ4n) is 2.83. The molecule has 0 spiro atoms. The molecular formula is C22H29N3O5S. The van der Waals surface area contributed by atoms with E-state index in [1.54, 1.807) is 64.1 Å². The molecule has 0 radical (unpaired) electrons. The van der Waals surface area contributed by atoms with Crippen LogP contribution in [0.3, 0.4) is 0 Å². The molecule has 168 valence electrons. The maximum Gasteiger partial charge on any atom is 0.262 e. The molecule has 31 heavy (non-hydrogen) atoms. The second-order valence-electron chi connectivity index (χ2n) is 7.95. The molecule has 8 nitrogen and oxygen atoms in total. The lowest BCUT2D eigenvalue weighted by molar-refractivity contribution is -0.122. The summed E-state index contributed by atoms with van der Waals surface area (Å²) in [6.45, 7) is 6.65. The van der Waals surface area contributed by atoms with E-state index < -0.39 is 15.6 Å². The second kappa shape index (κ2) is 9.93. The Bertz CT molecular complexity index is 1050. The van der Waals surface area contributed by atoms with Crippen LogP contribution in [0.15, 0.2) is 47.4 Å². The topological polar surface area (TPSA) is 125 Å². The maximum absolute atomic E-state index is 12.8. The smallest absolute Gasteiger partial charge is 0.262 e. The summed E-state index contributed by atoms with van der Waals surface area (Å²) in [5, 5.41) is 14.7. The van der Waals surface area contributed by atoms with E-state index in [0.717, 1.165) is 0 Å². The first-order valence-corrected chi connectivity index (χ1v) is 11.4. The molecule has 0 bridgehead atoms. The van der Waals surface area contributed by atoms with Crippen LogP contribution in [0, 0.1) is 6.92 Å². The molecule has 4 N–H and O–H groups in total. The Balaban J connectivity index is 2.08. The number of rotatable bonds is 9. The van der Waals surface area contributed by atoms with Gasteiger partial charge in [-0.3, -0.25) is 14.3 Å². The zero-order valence-corrected chi connectivity index (χ0v) is 19.0. The number of nitrogens with one attached hydrogen (secondary N) is 3. The van der Waals surface area contributed by atoms with Crippen molar-refractivity contribution >= 4 is 33.2 Å². The number of anilines is 2. The molecule has 2 aromatic rings. The summed E-state index contributed by atoms with van der Waals surface area (Å²) in [6.07, 6.45) is 0.442. The van der Waals surface area contributed by atoms with Gasteiger partial charge in [0.25, 0.3) is 10.0 Å². The van der Waals surface area contributed by atoms with Crippen LogP contribution in [-0.2, 0) is 26.0 Å². The molecule has 0 aromatic heterocycles. The first kappa shape index (κ1) is 24.4. The third-order valence-corrected chi connectivity index (χ3v) is 6.05. The zero-order chi connectivity index (χ0) is 23.2. The van der Waals surface area contributed by atoms with Gasteiger partial charge in [0.2, 0.25) is 11.8 Å². The number of sulfonamides is 1. The fourth-order valence-corrected chi connectivity index (χ4v) is 4.11. The Morgan fingerprint density at radius 2 is 1.61 bits per heavy atom. The highest BCUT2D eigenvalue weighted by Crippen LogP contribution is 2.23. The predicted octanol–water partition coefficient (Wildman–Crippen LogP) is 2.57. The van der Waals surface area contributed by atoms with E-state index in [1.807, 2.05) is 0 Å². The van der Waals surface area contributed by atoms with Gasteiger partial charge in [-0.15, -0.1) is 0 Å². The molecule has 2 rings (SSSR count). The lowest BCUT2D eigenvalue weighted by Gasteiger charge is -2.23. The van der Waals surface area contributed by atoms with Crippen LogP contribution in [-0.4, -0.2) is 37.5 Å². The Morgan fingerprint density at radius 3 is 2.16 bits per heavy atom. The number of benzene rings is 2. The van der Waals surface area contributed by atoms with Crippen molar-refractivity contribution in [1.29, 1.82) is 0 Å². The van der Waals surface area contributed by atoms with Gasteiger partial charge >= 0.3 is 0 Å². The van der Waals surface area contributed by atoms with Gasteiger partial charge in [0.1, 0.15) is 0 Å². The molecule has 0 aliphatic heterocycles. The highest BCUT2D eigenvalue weighted by atomic mass is 32.2. The molecule has 2 amide bonds. The minimum absolute atomic E-state index is 0.108. The predicted molar refractivity (Wildman–Crippen MR) is 120 cm³/mol. The number of hydrogen-bond acceptors (Lipinski definition) is 5. The molecule has 0 fully saturated rings. The van der Waals surface area contributed by atoms with Gasteiger partial charge in [-0.25, -0.2) is 8.42 Å². The lowest BCUT2D eigenvalue weighted by atomic mass is 10.1. The van der Waals surface area contributed by atoms with Crippen molar-refractivity contribution in [3.63, 3.8) is 0 Å². The van der Waals surface area contributed by atoms with E-state index in [0.29, 0.717) is 28.9 Å². The van der Waals surface area contributed by atoms with E-state index in [-0.39, 0.29) is 29.7 Å². The van der Waals surface area contributed by atoms with Crippen LogP contribution < -0.4 is 15.4 Å². The molecule has 0 aliphatic carbocycles. The summed E-state index contributed by atoms with van der Waals surface area (Å²) >= 11 is 0. The Hall–Kier alpha value is -2.91. The Labute approximate surface area is 183 Å². The van der Waals surface area contributed by atoms with E-state index in [4.69, 9.17) is 0 Å². The van der Waals surface area contributed by atoms with Crippen molar-refractivity contribution in [2.24, 2.45) is 0 Å². The minimum atomic E-state index is -3.83. The number of aliphatic hydroxyl groups is 1.